The fourth-order valence-corrected chi connectivity index (χ4v) is 3.21. The van der Waals surface area contributed by atoms with Crippen molar-refractivity contribution in [1.82, 2.24) is 5.32 Å². The van der Waals surface area contributed by atoms with Crippen molar-refractivity contribution in [1.29, 1.82) is 0 Å². The molecule has 0 aliphatic carbocycles. The number of benzene rings is 2. The molecule has 27 heavy (non-hydrogen) atoms. The molecule has 1 aliphatic rings. The topological polar surface area (TPSA) is 67.8 Å². The third kappa shape index (κ3) is 4.42. The predicted molar refractivity (Wildman–Crippen MR) is 105 cm³/mol. The Morgan fingerprint density at radius 2 is 1.78 bits per heavy atom. The first-order chi connectivity index (χ1) is 13.0. The lowest BCUT2D eigenvalue weighted by atomic mass is 9.87. The second-order valence-corrected chi connectivity index (χ2v) is 7.07. The highest BCUT2D eigenvalue weighted by molar-refractivity contribution is 6.08. The third-order valence-corrected chi connectivity index (χ3v) is 4.78. The Morgan fingerprint density at radius 1 is 1.11 bits per heavy atom. The molecule has 0 fully saturated rings. The average molecular weight is 364 g/mol. The number of carbonyl (C=O) groups is 2. The standard InChI is InChI=1S/C22H24N2O3/c1-14(2)17-9-11-18(12-10-17)20-19(15(3)23-22(26)24-20)21(25)27-13-16-7-5-4-6-8-16/h4-12,14,19-20H,13H2,1-3H3,(H,24,26). The lowest BCUT2D eigenvalue weighted by Crippen LogP contribution is -2.44. The molecule has 0 bridgehead atoms. The maximum absolute atomic E-state index is 12.8. The Kier molecular flexibility index (Phi) is 5.69. The van der Waals surface area contributed by atoms with Gasteiger partial charge in [0.05, 0.1) is 6.04 Å². The Labute approximate surface area is 159 Å². The largest absolute Gasteiger partial charge is 0.460 e. The highest BCUT2D eigenvalue weighted by atomic mass is 16.5. The molecular weight excluding hydrogens is 340 g/mol. The minimum absolute atomic E-state index is 0.191. The molecule has 2 aromatic carbocycles. The van der Waals surface area contributed by atoms with Crippen LogP contribution >= 0.6 is 0 Å². The lowest BCUT2D eigenvalue weighted by molar-refractivity contribution is -0.148. The van der Waals surface area contributed by atoms with E-state index < -0.39 is 24.0 Å². The number of ether oxygens (including phenoxy) is 1. The second kappa shape index (κ2) is 8.16. The fourth-order valence-electron chi connectivity index (χ4n) is 3.21. The smallest absolute Gasteiger partial charge is 0.341 e. The van der Waals surface area contributed by atoms with Crippen molar-refractivity contribution in [2.75, 3.05) is 0 Å². The summed E-state index contributed by atoms with van der Waals surface area (Å²) in [4.78, 5) is 28.6. The normalized spacial score (nSPS) is 19.4. The first-order valence-electron chi connectivity index (χ1n) is 9.12. The fraction of sp³-hybridized carbons (Fsp3) is 0.318. The van der Waals surface area contributed by atoms with Crippen LogP contribution in [0.5, 0.6) is 0 Å². The highest BCUT2D eigenvalue weighted by Crippen LogP contribution is 2.29. The maximum Gasteiger partial charge on any atom is 0.341 e. The van der Waals surface area contributed by atoms with Gasteiger partial charge in [0, 0.05) is 5.71 Å². The molecule has 1 aliphatic heterocycles. The molecule has 0 aromatic heterocycles. The molecular formula is C22H24N2O3. The van der Waals surface area contributed by atoms with E-state index in [0.29, 0.717) is 11.6 Å². The number of nitrogens with one attached hydrogen (secondary N) is 1. The van der Waals surface area contributed by atoms with E-state index in [-0.39, 0.29) is 6.61 Å². The molecule has 2 amide bonds. The van der Waals surface area contributed by atoms with Gasteiger partial charge < -0.3 is 10.1 Å². The van der Waals surface area contributed by atoms with Crippen LogP contribution in [0.2, 0.25) is 0 Å². The molecule has 1 N–H and O–H groups in total. The van der Waals surface area contributed by atoms with Gasteiger partial charge in [-0.15, -0.1) is 0 Å². The van der Waals surface area contributed by atoms with Crippen LogP contribution in [0.25, 0.3) is 0 Å². The zero-order chi connectivity index (χ0) is 19.4. The molecule has 0 saturated carbocycles. The summed E-state index contributed by atoms with van der Waals surface area (Å²) in [5.41, 5.74) is 3.45. The molecule has 5 nitrogen and oxygen atoms in total. The first-order valence-corrected chi connectivity index (χ1v) is 9.12. The summed E-state index contributed by atoms with van der Waals surface area (Å²) < 4.78 is 5.52. The van der Waals surface area contributed by atoms with Crippen molar-refractivity contribution in [3.05, 3.63) is 71.3 Å². The summed E-state index contributed by atoms with van der Waals surface area (Å²) in [7, 11) is 0. The lowest BCUT2D eigenvalue weighted by Gasteiger charge is -2.30. The Bertz CT molecular complexity index is 842. The molecule has 2 aromatic rings. The Morgan fingerprint density at radius 3 is 2.41 bits per heavy atom. The number of amides is 2. The minimum atomic E-state index is -0.642. The van der Waals surface area contributed by atoms with Crippen LogP contribution in [0.1, 0.15) is 49.4 Å². The van der Waals surface area contributed by atoms with Gasteiger partial charge in [0.1, 0.15) is 12.5 Å². The average Bonchev–Trinajstić information content (AvgIpc) is 2.66. The van der Waals surface area contributed by atoms with Gasteiger partial charge >= 0.3 is 12.0 Å². The Balaban J connectivity index is 1.81. The number of urea groups is 1. The van der Waals surface area contributed by atoms with E-state index in [2.05, 4.69) is 24.2 Å². The van der Waals surface area contributed by atoms with Crippen molar-refractivity contribution < 1.29 is 14.3 Å². The summed E-state index contributed by atoms with van der Waals surface area (Å²) in [5, 5.41) is 2.81. The van der Waals surface area contributed by atoms with Gasteiger partial charge in [-0.25, -0.2) is 9.79 Å². The summed E-state index contributed by atoms with van der Waals surface area (Å²) in [6.07, 6.45) is 0. The zero-order valence-corrected chi connectivity index (χ0v) is 15.8. The second-order valence-electron chi connectivity index (χ2n) is 7.07. The van der Waals surface area contributed by atoms with Crippen molar-refractivity contribution in [2.45, 2.75) is 39.3 Å². The van der Waals surface area contributed by atoms with Gasteiger partial charge in [-0.1, -0.05) is 68.4 Å². The van der Waals surface area contributed by atoms with E-state index in [1.54, 1.807) is 6.92 Å². The molecule has 0 saturated heterocycles. The van der Waals surface area contributed by atoms with E-state index in [1.807, 2.05) is 54.6 Å². The number of hydrogen-bond acceptors (Lipinski definition) is 3. The molecule has 0 radical (unpaired) electrons. The molecule has 5 heteroatoms. The summed E-state index contributed by atoms with van der Waals surface area (Å²) in [5.74, 6) is -0.621. The third-order valence-electron chi connectivity index (χ3n) is 4.78. The first kappa shape index (κ1) is 18.8. The monoisotopic (exact) mass is 364 g/mol. The number of hydrogen-bond donors (Lipinski definition) is 1. The highest BCUT2D eigenvalue weighted by Gasteiger charge is 2.38. The van der Waals surface area contributed by atoms with Gasteiger partial charge in [-0.3, -0.25) is 4.79 Å². The number of carbonyl (C=O) groups excluding carboxylic acids is 2. The van der Waals surface area contributed by atoms with E-state index >= 15 is 0 Å². The van der Waals surface area contributed by atoms with Crippen LogP contribution in [0.3, 0.4) is 0 Å². The van der Waals surface area contributed by atoms with Crippen LogP contribution in [0, 0.1) is 5.92 Å². The van der Waals surface area contributed by atoms with E-state index in [1.165, 1.54) is 5.56 Å². The Hall–Kier alpha value is -2.95. The van der Waals surface area contributed by atoms with Crippen LogP contribution in [-0.2, 0) is 16.1 Å². The molecule has 2 unspecified atom stereocenters. The summed E-state index contributed by atoms with van der Waals surface area (Å²) in [6.45, 7) is 6.13. The molecule has 2 atom stereocenters. The zero-order valence-electron chi connectivity index (χ0n) is 15.8. The van der Waals surface area contributed by atoms with Crippen LogP contribution < -0.4 is 5.32 Å². The van der Waals surface area contributed by atoms with Gasteiger partial charge in [-0.05, 0) is 29.5 Å². The van der Waals surface area contributed by atoms with E-state index in [4.69, 9.17) is 4.74 Å². The quantitative estimate of drug-likeness (QED) is 0.800. The number of aliphatic imine (C=N–C) groups is 1. The van der Waals surface area contributed by atoms with Gasteiger partial charge in [0.25, 0.3) is 0 Å². The molecule has 0 spiro atoms. The number of rotatable bonds is 5. The van der Waals surface area contributed by atoms with E-state index in [9.17, 15) is 9.59 Å². The van der Waals surface area contributed by atoms with Crippen LogP contribution in [-0.4, -0.2) is 17.7 Å². The SMILES string of the molecule is CC1=NC(=O)NC(c2ccc(C(C)C)cc2)C1C(=O)OCc1ccccc1. The van der Waals surface area contributed by atoms with Crippen molar-refractivity contribution in [3.8, 4) is 0 Å². The van der Waals surface area contributed by atoms with Gasteiger partial charge in [-0.2, -0.15) is 0 Å². The van der Waals surface area contributed by atoms with Crippen molar-refractivity contribution in [2.24, 2.45) is 10.9 Å². The summed E-state index contributed by atoms with van der Waals surface area (Å²) in [6, 6.07) is 16.6. The number of esters is 1. The van der Waals surface area contributed by atoms with Crippen LogP contribution in [0.15, 0.2) is 59.6 Å². The van der Waals surface area contributed by atoms with Crippen molar-refractivity contribution >= 4 is 17.7 Å². The minimum Gasteiger partial charge on any atom is -0.460 e. The van der Waals surface area contributed by atoms with Gasteiger partial charge in [0.2, 0.25) is 0 Å². The predicted octanol–water partition coefficient (Wildman–Crippen LogP) is 4.39. The molecule has 140 valence electrons. The molecule has 1 heterocycles. The van der Waals surface area contributed by atoms with E-state index in [0.717, 1.165) is 11.1 Å². The van der Waals surface area contributed by atoms with Crippen molar-refractivity contribution in [3.63, 3.8) is 0 Å². The van der Waals surface area contributed by atoms with Crippen LogP contribution in [0.4, 0.5) is 4.79 Å². The maximum atomic E-state index is 12.8. The van der Waals surface area contributed by atoms with Gasteiger partial charge in [0.15, 0.2) is 0 Å². The summed E-state index contributed by atoms with van der Waals surface area (Å²) >= 11 is 0. The molecule has 3 rings (SSSR count). The number of nitrogens with zero attached hydrogens (tertiary/aromatic N) is 1.